The number of thioether (sulfide) groups is 1. The minimum atomic E-state index is -3.22. The Balaban J connectivity index is 1.64. The summed E-state index contributed by atoms with van der Waals surface area (Å²) in [4.78, 5) is 6.17. The Morgan fingerprint density at radius 2 is 1.89 bits per heavy atom. The molecule has 2 heterocycles. The van der Waals surface area contributed by atoms with Crippen LogP contribution in [0.3, 0.4) is 0 Å². The van der Waals surface area contributed by atoms with E-state index in [1.54, 1.807) is 4.90 Å². The minimum Gasteiger partial charge on any atom is -0.312 e. The smallest absolute Gasteiger partial charge is 0.164 e. The number of rotatable bonds is 3. The van der Waals surface area contributed by atoms with E-state index < -0.39 is 33.6 Å². The number of sulfone groups is 1. The number of halogens is 3. The Bertz CT molecular complexity index is 1010. The van der Waals surface area contributed by atoms with Gasteiger partial charge in [0, 0.05) is 16.3 Å². The predicted octanol–water partition coefficient (Wildman–Crippen LogP) is 4.00. The Morgan fingerprint density at radius 3 is 2.59 bits per heavy atom. The predicted molar refractivity (Wildman–Crippen MR) is 108 cm³/mol. The maximum Gasteiger partial charge on any atom is 0.164 e. The molecule has 4 nitrogen and oxygen atoms in total. The van der Waals surface area contributed by atoms with Gasteiger partial charge in [-0.05, 0) is 29.8 Å². The van der Waals surface area contributed by atoms with E-state index in [2.05, 4.69) is 20.9 Å². The van der Waals surface area contributed by atoms with Crippen LogP contribution < -0.4 is 4.90 Å². The normalized spacial score (nSPS) is 23.4. The lowest BCUT2D eigenvalue weighted by Gasteiger charge is -2.26. The lowest BCUT2D eigenvalue weighted by atomic mass is 10.1. The van der Waals surface area contributed by atoms with Crippen molar-refractivity contribution < 1.29 is 17.2 Å². The maximum absolute atomic E-state index is 14.4. The van der Waals surface area contributed by atoms with Gasteiger partial charge in [0.15, 0.2) is 15.0 Å². The van der Waals surface area contributed by atoms with Crippen LogP contribution in [0.25, 0.3) is 0 Å². The average Bonchev–Trinajstić information content (AvgIpc) is 3.06. The highest BCUT2D eigenvalue weighted by atomic mass is 79.9. The van der Waals surface area contributed by atoms with Crippen molar-refractivity contribution in [1.82, 2.24) is 0 Å². The van der Waals surface area contributed by atoms with Crippen LogP contribution >= 0.6 is 27.7 Å². The van der Waals surface area contributed by atoms with E-state index in [1.165, 1.54) is 23.9 Å². The van der Waals surface area contributed by atoms with Crippen molar-refractivity contribution >= 4 is 48.4 Å². The van der Waals surface area contributed by atoms with Gasteiger partial charge in [0.2, 0.25) is 0 Å². The molecule has 2 atom stereocenters. The van der Waals surface area contributed by atoms with E-state index in [0.29, 0.717) is 10.9 Å². The van der Waals surface area contributed by atoms with Gasteiger partial charge < -0.3 is 4.90 Å². The van der Waals surface area contributed by atoms with Gasteiger partial charge in [0.05, 0.1) is 29.3 Å². The summed E-state index contributed by atoms with van der Waals surface area (Å²) in [5.41, 5.74) is 1.22. The molecule has 0 unspecified atom stereocenters. The van der Waals surface area contributed by atoms with Crippen LogP contribution in [-0.2, 0) is 15.6 Å². The summed E-state index contributed by atoms with van der Waals surface area (Å²) >= 11 is 4.81. The Morgan fingerprint density at radius 1 is 1.15 bits per heavy atom. The number of aliphatic imine (C=N–C) groups is 1. The van der Waals surface area contributed by atoms with Crippen LogP contribution in [0.15, 0.2) is 51.9 Å². The van der Waals surface area contributed by atoms with Gasteiger partial charge in [0.1, 0.15) is 11.6 Å². The first kappa shape index (κ1) is 18.9. The molecule has 0 radical (unpaired) electrons. The quantitative estimate of drug-likeness (QED) is 0.677. The Kier molecular flexibility index (Phi) is 5.02. The fraction of sp³-hybridized carbons (Fsp3) is 0.278. The summed E-state index contributed by atoms with van der Waals surface area (Å²) in [5, 5.41) is 0.563. The molecule has 1 fully saturated rings. The second-order valence-electron chi connectivity index (χ2n) is 6.50. The molecule has 0 bridgehead atoms. The van der Waals surface area contributed by atoms with E-state index in [4.69, 9.17) is 0 Å². The molecule has 0 aromatic heterocycles. The maximum atomic E-state index is 14.4. The molecule has 9 heteroatoms. The number of anilines is 1. The monoisotopic (exact) mass is 472 g/mol. The second-order valence-corrected chi connectivity index (χ2v) is 10.5. The van der Waals surface area contributed by atoms with Crippen LogP contribution in [0.2, 0.25) is 0 Å². The number of fused-ring (bicyclic) bond motifs is 1. The topological polar surface area (TPSA) is 49.7 Å². The summed E-state index contributed by atoms with van der Waals surface area (Å²) in [6.07, 6.45) is 0. The first-order chi connectivity index (χ1) is 12.8. The molecule has 2 aliphatic heterocycles. The van der Waals surface area contributed by atoms with Gasteiger partial charge >= 0.3 is 0 Å². The number of benzene rings is 2. The zero-order valence-corrected chi connectivity index (χ0v) is 17.2. The van der Waals surface area contributed by atoms with Crippen molar-refractivity contribution in [1.29, 1.82) is 0 Å². The fourth-order valence-corrected chi connectivity index (χ4v) is 6.50. The summed E-state index contributed by atoms with van der Waals surface area (Å²) in [6, 6.07) is 10.3. The van der Waals surface area contributed by atoms with Gasteiger partial charge in [-0.25, -0.2) is 17.2 Å². The molecule has 2 aromatic carbocycles. The van der Waals surface area contributed by atoms with Crippen molar-refractivity contribution in [2.45, 2.75) is 17.8 Å². The van der Waals surface area contributed by atoms with Crippen molar-refractivity contribution in [3.8, 4) is 0 Å². The van der Waals surface area contributed by atoms with Crippen LogP contribution in [0, 0.1) is 11.6 Å². The molecule has 142 valence electrons. The summed E-state index contributed by atoms with van der Waals surface area (Å²) in [5.74, 6) is -0.916. The lowest BCUT2D eigenvalue weighted by molar-refractivity contribution is 0.577. The molecule has 0 N–H and O–H groups in total. The molecule has 0 aliphatic carbocycles. The average molecular weight is 473 g/mol. The standard InChI is InChI=1S/C18H15BrF2N2O2S2/c19-12-3-1-11(2-4-12)8-26-18-22-15-9-27(24,25)10-17(15)23(18)16-6-5-13(20)7-14(16)21/h1-7,15,17H,8-10H2/t15-,17-/m0/s1. The molecule has 4 rings (SSSR count). The van der Waals surface area contributed by atoms with E-state index in [9.17, 15) is 17.2 Å². The lowest BCUT2D eigenvalue weighted by Crippen LogP contribution is -2.39. The minimum absolute atomic E-state index is 0.0423. The number of hydrogen-bond donors (Lipinski definition) is 0. The van der Waals surface area contributed by atoms with Crippen LogP contribution in [-0.4, -0.2) is 37.2 Å². The van der Waals surface area contributed by atoms with Crippen LogP contribution in [0.5, 0.6) is 0 Å². The van der Waals surface area contributed by atoms with Crippen molar-refractivity contribution in [3.63, 3.8) is 0 Å². The summed E-state index contributed by atoms with van der Waals surface area (Å²) in [6.45, 7) is 0. The molecule has 1 saturated heterocycles. The third kappa shape index (κ3) is 3.90. The SMILES string of the molecule is O=S1(=O)C[C@@H]2N=C(SCc3ccc(Br)cc3)N(c3ccc(F)cc3F)[C@H]2C1. The van der Waals surface area contributed by atoms with Crippen molar-refractivity contribution in [3.05, 3.63) is 64.1 Å². The molecular weight excluding hydrogens is 458 g/mol. The van der Waals surface area contributed by atoms with Gasteiger partial charge in [0.25, 0.3) is 0 Å². The van der Waals surface area contributed by atoms with Crippen molar-refractivity contribution in [2.24, 2.45) is 4.99 Å². The summed E-state index contributed by atoms with van der Waals surface area (Å²) < 4.78 is 52.8. The van der Waals surface area contributed by atoms with Gasteiger partial charge in [-0.1, -0.05) is 39.8 Å². The Hall–Kier alpha value is -1.45. The highest BCUT2D eigenvalue weighted by Crippen LogP contribution is 2.37. The van der Waals surface area contributed by atoms with E-state index in [-0.39, 0.29) is 17.2 Å². The first-order valence-corrected chi connectivity index (χ1v) is 11.8. The number of hydrogen-bond acceptors (Lipinski definition) is 5. The number of amidine groups is 1. The molecule has 2 aliphatic rings. The van der Waals surface area contributed by atoms with Crippen LogP contribution in [0.1, 0.15) is 5.56 Å². The van der Waals surface area contributed by atoms with E-state index in [1.807, 2.05) is 24.3 Å². The highest BCUT2D eigenvalue weighted by Gasteiger charge is 2.47. The van der Waals surface area contributed by atoms with E-state index >= 15 is 0 Å². The molecule has 0 spiro atoms. The fourth-order valence-electron chi connectivity index (χ4n) is 3.32. The van der Waals surface area contributed by atoms with Gasteiger partial charge in [-0.3, -0.25) is 4.99 Å². The Labute approximate surface area is 168 Å². The number of nitrogens with zero attached hydrogens (tertiary/aromatic N) is 2. The molecule has 0 amide bonds. The third-order valence-corrected chi connectivity index (χ3v) is 7.82. The third-order valence-electron chi connectivity index (χ3n) is 4.56. The van der Waals surface area contributed by atoms with Gasteiger partial charge in [-0.15, -0.1) is 0 Å². The zero-order chi connectivity index (χ0) is 19.2. The van der Waals surface area contributed by atoms with E-state index in [0.717, 1.165) is 16.1 Å². The molecule has 0 saturated carbocycles. The molecule has 2 aromatic rings. The zero-order valence-electron chi connectivity index (χ0n) is 14.0. The highest BCUT2D eigenvalue weighted by molar-refractivity contribution is 9.10. The first-order valence-electron chi connectivity index (χ1n) is 8.22. The summed E-state index contributed by atoms with van der Waals surface area (Å²) in [7, 11) is -3.22. The largest absolute Gasteiger partial charge is 0.312 e. The molecule has 27 heavy (non-hydrogen) atoms. The van der Waals surface area contributed by atoms with Crippen LogP contribution in [0.4, 0.5) is 14.5 Å². The van der Waals surface area contributed by atoms with Gasteiger partial charge in [-0.2, -0.15) is 0 Å². The second kappa shape index (κ2) is 7.18. The molecular formula is C18H15BrF2N2O2S2. The van der Waals surface area contributed by atoms with Crippen molar-refractivity contribution in [2.75, 3.05) is 16.4 Å².